The van der Waals surface area contributed by atoms with Crippen LogP contribution < -0.4 is 10.0 Å². The molecule has 132 valence electrons. The van der Waals surface area contributed by atoms with Gasteiger partial charge in [0, 0.05) is 18.7 Å². The molecule has 0 aromatic heterocycles. The summed E-state index contributed by atoms with van der Waals surface area (Å²) in [7, 11) is -3.41. The van der Waals surface area contributed by atoms with Crippen LogP contribution in [-0.2, 0) is 10.0 Å². The number of carbonyl (C=O) groups is 1. The molecular weight excluding hydrogens is 353 g/mol. The normalized spacial score (nSPS) is 11.2. The molecule has 0 aliphatic carbocycles. The van der Waals surface area contributed by atoms with Crippen molar-refractivity contribution in [1.82, 2.24) is 0 Å². The van der Waals surface area contributed by atoms with Crippen LogP contribution in [0.15, 0.2) is 41.3 Å². The average Bonchev–Trinajstić information content (AvgIpc) is 2.53. The number of nitro groups is 1. The molecule has 0 heterocycles. The van der Waals surface area contributed by atoms with Gasteiger partial charge in [0.2, 0.25) is 0 Å². The van der Waals surface area contributed by atoms with Gasteiger partial charge in [0.1, 0.15) is 10.7 Å². The number of anilines is 1. The van der Waals surface area contributed by atoms with E-state index in [4.69, 9.17) is 5.73 Å². The Hall–Kier alpha value is -3.01. The Morgan fingerprint density at radius 1 is 1.28 bits per heavy atom. The Labute approximate surface area is 142 Å². The van der Waals surface area contributed by atoms with Crippen LogP contribution in [0.25, 0.3) is 0 Å². The summed E-state index contributed by atoms with van der Waals surface area (Å²) in [5.41, 5.74) is 4.52. The molecule has 0 saturated carbocycles. The fourth-order valence-corrected chi connectivity index (χ4v) is 3.55. The highest BCUT2D eigenvalue weighted by atomic mass is 32.2. The van der Waals surface area contributed by atoms with Gasteiger partial charge in [0.05, 0.1) is 16.2 Å². The number of para-hydroxylation sites is 1. The van der Waals surface area contributed by atoms with Crippen molar-refractivity contribution in [2.75, 3.05) is 11.4 Å². The van der Waals surface area contributed by atoms with Gasteiger partial charge in [-0.3, -0.25) is 19.2 Å². The van der Waals surface area contributed by atoms with Crippen molar-refractivity contribution >= 4 is 27.3 Å². The monoisotopic (exact) mass is 367 g/mol. The number of rotatable bonds is 5. The molecule has 10 heteroatoms. The first kappa shape index (κ1) is 18.3. The highest BCUT2D eigenvalue weighted by Gasteiger charge is 2.30. The first-order valence-electron chi connectivity index (χ1n) is 6.89. The number of nitrogens with zero attached hydrogens (tertiary/aromatic N) is 2. The lowest BCUT2D eigenvalue weighted by atomic mass is 10.2. The van der Waals surface area contributed by atoms with E-state index in [9.17, 15) is 27.7 Å². The summed E-state index contributed by atoms with van der Waals surface area (Å²) in [5, 5.41) is 11.0. The Kier molecular flexibility index (Phi) is 4.75. The molecule has 2 aromatic carbocycles. The number of primary amides is 1. The van der Waals surface area contributed by atoms with Gasteiger partial charge in [-0.1, -0.05) is 12.1 Å². The first-order chi connectivity index (χ1) is 11.6. The molecular formula is C15H14FN3O5S. The number of nitrogens with two attached hydrogens (primary N) is 1. The van der Waals surface area contributed by atoms with Crippen LogP contribution in [0.4, 0.5) is 15.8 Å². The van der Waals surface area contributed by atoms with E-state index in [0.717, 1.165) is 13.1 Å². The minimum atomic E-state index is -4.51. The van der Waals surface area contributed by atoms with Crippen LogP contribution in [0.3, 0.4) is 0 Å². The van der Waals surface area contributed by atoms with Gasteiger partial charge in [-0.25, -0.2) is 12.8 Å². The zero-order valence-corrected chi connectivity index (χ0v) is 14.1. The smallest absolute Gasteiger partial charge is 0.273 e. The second-order valence-corrected chi connectivity index (χ2v) is 7.12. The molecule has 0 radical (unpaired) electrons. The largest absolute Gasteiger partial charge is 0.366 e. The first-order valence-corrected chi connectivity index (χ1v) is 8.33. The average molecular weight is 367 g/mol. The zero-order chi connectivity index (χ0) is 18.9. The lowest BCUT2D eigenvalue weighted by Gasteiger charge is -2.21. The Bertz CT molecular complexity index is 975. The molecule has 25 heavy (non-hydrogen) atoms. The Balaban J connectivity index is 2.66. The quantitative estimate of drug-likeness (QED) is 0.639. The minimum Gasteiger partial charge on any atom is -0.366 e. The highest BCUT2D eigenvalue weighted by molar-refractivity contribution is 7.92. The number of halogens is 1. The van der Waals surface area contributed by atoms with E-state index in [1.54, 1.807) is 0 Å². The van der Waals surface area contributed by atoms with E-state index >= 15 is 0 Å². The molecule has 0 spiro atoms. The van der Waals surface area contributed by atoms with Gasteiger partial charge in [-0.2, -0.15) is 0 Å². The zero-order valence-electron chi connectivity index (χ0n) is 13.3. The van der Waals surface area contributed by atoms with Crippen molar-refractivity contribution in [3.8, 4) is 0 Å². The number of aryl methyl sites for hydroxylation is 1. The maximum absolute atomic E-state index is 14.2. The second kappa shape index (κ2) is 6.48. The SMILES string of the molecule is Cc1cc(F)c(S(=O)(=O)N(C)c2ccccc2C(N)=O)cc1[N+](=O)[O-]. The summed E-state index contributed by atoms with van der Waals surface area (Å²) in [6.45, 7) is 1.30. The van der Waals surface area contributed by atoms with E-state index < -0.39 is 37.3 Å². The predicted molar refractivity (Wildman–Crippen MR) is 88.3 cm³/mol. The van der Waals surface area contributed by atoms with Gasteiger partial charge < -0.3 is 5.73 Å². The Morgan fingerprint density at radius 3 is 2.44 bits per heavy atom. The molecule has 2 aromatic rings. The fraction of sp³-hybridized carbons (Fsp3) is 0.133. The third-order valence-corrected chi connectivity index (χ3v) is 5.38. The van der Waals surface area contributed by atoms with E-state index in [1.807, 2.05) is 0 Å². The van der Waals surface area contributed by atoms with Crippen LogP contribution in [0.1, 0.15) is 15.9 Å². The van der Waals surface area contributed by atoms with Gasteiger partial charge >= 0.3 is 0 Å². The molecule has 0 saturated heterocycles. The van der Waals surface area contributed by atoms with Crippen molar-refractivity contribution < 1.29 is 22.5 Å². The number of nitro benzene ring substituents is 1. The van der Waals surface area contributed by atoms with Crippen LogP contribution in [0.2, 0.25) is 0 Å². The highest BCUT2D eigenvalue weighted by Crippen LogP contribution is 2.30. The molecule has 0 unspecified atom stereocenters. The number of hydrogen-bond donors (Lipinski definition) is 1. The molecule has 2 rings (SSSR count). The van der Waals surface area contributed by atoms with Gasteiger partial charge in [-0.15, -0.1) is 0 Å². The maximum Gasteiger partial charge on any atom is 0.273 e. The number of carbonyl (C=O) groups excluding carboxylic acids is 1. The number of benzene rings is 2. The number of hydrogen-bond acceptors (Lipinski definition) is 5. The molecule has 0 aliphatic rings. The van der Waals surface area contributed by atoms with Crippen LogP contribution in [0, 0.1) is 22.9 Å². The molecule has 8 nitrogen and oxygen atoms in total. The predicted octanol–water partition coefficient (Wildman–Crippen LogP) is 1.97. The van der Waals surface area contributed by atoms with Crippen molar-refractivity contribution in [3.05, 3.63) is 63.5 Å². The lowest BCUT2D eigenvalue weighted by molar-refractivity contribution is -0.385. The summed E-state index contributed by atoms with van der Waals surface area (Å²) >= 11 is 0. The van der Waals surface area contributed by atoms with Gasteiger partial charge in [-0.05, 0) is 25.1 Å². The van der Waals surface area contributed by atoms with Crippen molar-refractivity contribution in [3.63, 3.8) is 0 Å². The van der Waals surface area contributed by atoms with Crippen molar-refractivity contribution in [1.29, 1.82) is 0 Å². The van der Waals surface area contributed by atoms with Crippen LogP contribution in [-0.4, -0.2) is 26.3 Å². The van der Waals surface area contributed by atoms with Gasteiger partial charge in [0.25, 0.3) is 21.6 Å². The van der Waals surface area contributed by atoms with Crippen LogP contribution in [0.5, 0.6) is 0 Å². The van der Waals surface area contributed by atoms with Gasteiger partial charge in [0.15, 0.2) is 0 Å². The molecule has 1 amide bonds. The van der Waals surface area contributed by atoms with Crippen molar-refractivity contribution in [2.45, 2.75) is 11.8 Å². The minimum absolute atomic E-state index is 0.0124. The molecule has 0 fully saturated rings. The van der Waals surface area contributed by atoms with E-state index in [2.05, 4.69) is 0 Å². The number of amides is 1. The summed E-state index contributed by atoms with van der Waals surface area (Å²) in [4.78, 5) is 20.8. The fourth-order valence-electron chi connectivity index (χ4n) is 2.27. The summed E-state index contributed by atoms with van der Waals surface area (Å²) in [5.74, 6) is -2.00. The van der Waals surface area contributed by atoms with E-state index in [0.29, 0.717) is 10.4 Å². The maximum atomic E-state index is 14.2. The van der Waals surface area contributed by atoms with Crippen LogP contribution >= 0.6 is 0 Å². The lowest BCUT2D eigenvalue weighted by Crippen LogP contribution is -2.30. The van der Waals surface area contributed by atoms with Crippen molar-refractivity contribution in [2.24, 2.45) is 5.73 Å². The van der Waals surface area contributed by atoms with E-state index in [1.165, 1.54) is 31.2 Å². The third-order valence-electron chi connectivity index (χ3n) is 3.59. The summed E-state index contributed by atoms with van der Waals surface area (Å²) in [6.07, 6.45) is 0. The summed E-state index contributed by atoms with van der Waals surface area (Å²) in [6, 6.07) is 7.03. The van der Waals surface area contributed by atoms with E-state index in [-0.39, 0.29) is 16.8 Å². The molecule has 2 N–H and O–H groups in total. The number of sulfonamides is 1. The standard InChI is InChI=1S/C15H14FN3O5S/c1-9-7-11(16)14(8-13(9)19(21)22)25(23,24)18(2)12-6-4-3-5-10(12)15(17)20/h3-8H,1-2H3,(H2,17,20). The molecule has 0 aliphatic heterocycles. The third kappa shape index (κ3) is 3.29. The molecule has 0 bridgehead atoms. The summed E-state index contributed by atoms with van der Waals surface area (Å²) < 4.78 is 40.3. The molecule has 0 atom stereocenters. The second-order valence-electron chi connectivity index (χ2n) is 5.18. The Morgan fingerprint density at radius 2 is 1.88 bits per heavy atom. The topological polar surface area (TPSA) is 124 Å².